The van der Waals surface area contributed by atoms with E-state index in [0.717, 1.165) is 38.9 Å². The summed E-state index contributed by atoms with van der Waals surface area (Å²) in [5, 5.41) is 0. The van der Waals surface area contributed by atoms with Crippen molar-refractivity contribution in [2.75, 3.05) is 19.6 Å². The number of amides is 2. The second kappa shape index (κ2) is 6.57. The van der Waals surface area contributed by atoms with Crippen molar-refractivity contribution in [3.8, 4) is 0 Å². The summed E-state index contributed by atoms with van der Waals surface area (Å²) >= 11 is 0. The van der Waals surface area contributed by atoms with Gasteiger partial charge in [0.25, 0.3) is 0 Å². The van der Waals surface area contributed by atoms with Gasteiger partial charge in [0.1, 0.15) is 6.04 Å². The lowest BCUT2D eigenvalue weighted by atomic mass is 9.91. The minimum Gasteiger partial charge on any atom is -0.341 e. The molecule has 5 heteroatoms. The summed E-state index contributed by atoms with van der Waals surface area (Å²) in [6, 6.07) is -0.143. The number of rotatable bonds is 4. The van der Waals surface area contributed by atoms with Crippen molar-refractivity contribution in [2.24, 2.45) is 11.7 Å². The second-order valence-electron chi connectivity index (χ2n) is 6.16. The standard InChI is InChI=1S/C15H27N3O2/c1-3-13(18-9-5-7-14(18)19)15(20)17-8-4-6-12(10-17)11(2)16/h11-13H,3-10,16H2,1-2H3. The van der Waals surface area contributed by atoms with Crippen LogP contribution in [-0.2, 0) is 9.59 Å². The van der Waals surface area contributed by atoms with Crippen LogP contribution in [0.1, 0.15) is 46.0 Å². The molecular weight excluding hydrogens is 254 g/mol. The Balaban J connectivity index is 2.02. The Morgan fingerprint density at radius 3 is 2.70 bits per heavy atom. The van der Waals surface area contributed by atoms with E-state index in [4.69, 9.17) is 5.73 Å². The molecule has 0 bridgehead atoms. The Morgan fingerprint density at radius 2 is 2.15 bits per heavy atom. The van der Waals surface area contributed by atoms with Crippen molar-refractivity contribution in [3.63, 3.8) is 0 Å². The van der Waals surface area contributed by atoms with Gasteiger partial charge in [-0.15, -0.1) is 0 Å². The highest BCUT2D eigenvalue weighted by atomic mass is 16.2. The van der Waals surface area contributed by atoms with Crippen LogP contribution in [-0.4, -0.2) is 53.3 Å². The number of nitrogens with zero attached hydrogens (tertiary/aromatic N) is 2. The van der Waals surface area contributed by atoms with E-state index >= 15 is 0 Å². The van der Waals surface area contributed by atoms with Crippen LogP contribution in [0, 0.1) is 5.92 Å². The minimum atomic E-state index is -0.267. The first-order valence-corrected chi connectivity index (χ1v) is 7.88. The maximum absolute atomic E-state index is 12.7. The fourth-order valence-electron chi connectivity index (χ4n) is 3.38. The van der Waals surface area contributed by atoms with Gasteiger partial charge in [-0.1, -0.05) is 6.92 Å². The Labute approximate surface area is 121 Å². The quantitative estimate of drug-likeness (QED) is 0.835. The molecule has 3 atom stereocenters. The van der Waals surface area contributed by atoms with Crippen LogP contribution in [0.15, 0.2) is 0 Å². The lowest BCUT2D eigenvalue weighted by molar-refractivity contribution is -0.145. The molecule has 2 rings (SSSR count). The van der Waals surface area contributed by atoms with E-state index in [1.807, 2.05) is 18.7 Å². The van der Waals surface area contributed by atoms with Crippen LogP contribution in [0.2, 0.25) is 0 Å². The third-order valence-electron chi connectivity index (χ3n) is 4.67. The fraction of sp³-hybridized carbons (Fsp3) is 0.867. The highest BCUT2D eigenvalue weighted by Gasteiger charge is 2.35. The van der Waals surface area contributed by atoms with E-state index < -0.39 is 0 Å². The van der Waals surface area contributed by atoms with Crippen LogP contribution >= 0.6 is 0 Å². The van der Waals surface area contributed by atoms with Gasteiger partial charge in [0, 0.05) is 32.1 Å². The highest BCUT2D eigenvalue weighted by molar-refractivity contribution is 5.88. The molecule has 2 aliphatic rings. The molecular formula is C15H27N3O2. The molecule has 2 aliphatic heterocycles. The zero-order chi connectivity index (χ0) is 14.7. The van der Waals surface area contributed by atoms with Crippen LogP contribution in [0.4, 0.5) is 0 Å². The summed E-state index contributed by atoms with van der Waals surface area (Å²) in [5.41, 5.74) is 5.98. The Bertz CT molecular complexity index is 370. The average molecular weight is 281 g/mol. The Kier molecular flexibility index (Phi) is 5.02. The number of carbonyl (C=O) groups is 2. The van der Waals surface area contributed by atoms with Gasteiger partial charge in [-0.25, -0.2) is 0 Å². The first kappa shape index (κ1) is 15.3. The topological polar surface area (TPSA) is 66.6 Å². The molecule has 0 aromatic rings. The van der Waals surface area contributed by atoms with Gasteiger partial charge in [0.05, 0.1) is 0 Å². The van der Waals surface area contributed by atoms with E-state index in [0.29, 0.717) is 18.8 Å². The lowest BCUT2D eigenvalue weighted by Crippen LogP contribution is -2.53. The Hall–Kier alpha value is -1.10. The van der Waals surface area contributed by atoms with E-state index in [-0.39, 0.29) is 23.9 Å². The molecule has 0 aromatic carbocycles. The summed E-state index contributed by atoms with van der Waals surface area (Å²) < 4.78 is 0. The molecule has 0 saturated carbocycles. The molecule has 2 heterocycles. The van der Waals surface area contributed by atoms with Gasteiger partial charge < -0.3 is 15.5 Å². The first-order valence-electron chi connectivity index (χ1n) is 7.88. The number of carbonyl (C=O) groups excluding carboxylic acids is 2. The van der Waals surface area contributed by atoms with E-state index in [9.17, 15) is 9.59 Å². The molecule has 0 spiro atoms. The number of piperidine rings is 1. The third-order valence-corrected chi connectivity index (χ3v) is 4.67. The van der Waals surface area contributed by atoms with Crippen LogP contribution in [0.25, 0.3) is 0 Å². The normalized spacial score (nSPS) is 26.8. The monoisotopic (exact) mass is 281 g/mol. The van der Waals surface area contributed by atoms with Gasteiger partial charge >= 0.3 is 0 Å². The summed E-state index contributed by atoms with van der Waals surface area (Å²) in [6.07, 6.45) is 4.28. The number of nitrogens with two attached hydrogens (primary N) is 1. The van der Waals surface area contributed by atoms with Crippen molar-refractivity contribution in [3.05, 3.63) is 0 Å². The molecule has 2 saturated heterocycles. The SMILES string of the molecule is CCC(C(=O)N1CCCC(C(C)N)C1)N1CCCC1=O. The number of hydrogen-bond donors (Lipinski definition) is 1. The smallest absolute Gasteiger partial charge is 0.245 e. The summed E-state index contributed by atoms with van der Waals surface area (Å²) in [5.74, 6) is 0.638. The van der Waals surface area contributed by atoms with Gasteiger partial charge in [0.15, 0.2) is 0 Å². The maximum Gasteiger partial charge on any atom is 0.245 e. The van der Waals surface area contributed by atoms with Crippen LogP contribution < -0.4 is 5.73 Å². The lowest BCUT2D eigenvalue weighted by Gasteiger charge is -2.38. The predicted octanol–water partition coefficient (Wildman–Crippen LogP) is 0.973. The molecule has 0 aliphatic carbocycles. The van der Waals surface area contributed by atoms with E-state index in [1.54, 1.807) is 4.90 Å². The van der Waals surface area contributed by atoms with Crippen molar-refractivity contribution in [1.82, 2.24) is 9.80 Å². The molecule has 5 nitrogen and oxygen atoms in total. The van der Waals surface area contributed by atoms with Gasteiger partial charge in [-0.05, 0) is 38.5 Å². The third kappa shape index (κ3) is 3.14. The fourth-order valence-corrected chi connectivity index (χ4v) is 3.38. The zero-order valence-corrected chi connectivity index (χ0v) is 12.7. The average Bonchev–Trinajstić information content (AvgIpc) is 2.86. The first-order chi connectivity index (χ1) is 9.54. The number of hydrogen-bond acceptors (Lipinski definition) is 3. The molecule has 3 unspecified atom stereocenters. The summed E-state index contributed by atoms with van der Waals surface area (Å²) in [7, 11) is 0. The molecule has 2 amide bonds. The summed E-state index contributed by atoms with van der Waals surface area (Å²) in [4.78, 5) is 28.3. The van der Waals surface area contributed by atoms with Crippen LogP contribution in [0.3, 0.4) is 0 Å². The molecule has 0 radical (unpaired) electrons. The molecule has 0 aromatic heterocycles. The molecule has 2 N–H and O–H groups in total. The summed E-state index contributed by atoms with van der Waals surface area (Å²) in [6.45, 7) is 6.28. The van der Waals surface area contributed by atoms with Gasteiger partial charge in [-0.2, -0.15) is 0 Å². The van der Waals surface area contributed by atoms with Crippen molar-refractivity contribution in [2.45, 2.75) is 58.0 Å². The maximum atomic E-state index is 12.7. The molecule has 20 heavy (non-hydrogen) atoms. The molecule has 114 valence electrons. The van der Waals surface area contributed by atoms with E-state index in [1.165, 1.54) is 0 Å². The van der Waals surface area contributed by atoms with Crippen molar-refractivity contribution < 1.29 is 9.59 Å². The van der Waals surface area contributed by atoms with Crippen molar-refractivity contribution in [1.29, 1.82) is 0 Å². The van der Waals surface area contributed by atoms with Gasteiger partial charge in [-0.3, -0.25) is 9.59 Å². The van der Waals surface area contributed by atoms with Gasteiger partial charge in [0.2, 0.25) is 11.8 Å². The molecule has 2 fully saturated rings. The van der Waals surface area contributed by atoms with E-state index in [2.05, 4.69) is 0 Å². The van der Waals surface area contributed by atoms with Crippen molar-refractivity contribution >= 4 is 11.8 Å². The Morgan fingerprint density at radius 1 is 1.40 bits per heavy atom. The zero-order valence-electron chi connectivity index (χ0n) is 12.7. The predicted molar refractivity (Wildman–Crippen MR) is 78.0 cm³/mol. The second-order valence-corrected chi connectivity index (χ2v) is 6.16. The van der Waals surface area contributed by atoms with Crippen LogP contribution in [0.5, 0.6) is 0 Å². The number of likely N-dealkylation sites (tertiary alicyclic amines) is 2. The minimum absolute atomic E-state index is 0.119. The highest BCUT2D eigenvalue weighted by Crippen LogP contribution is 2.23. The largest absolute Gasteiger partial charge is 0.341 e.